The van der Waals surface area contributed by atoms with Crippen LogP contribution in [-0.4, -0.2) is 155 Å². The summed E-state index contributed by atoms with van der Waals surface area (Å²) < 4.78 is 88.4. The van der Waals surface area contributed by atoms with Crippen molar-refractivity contribution in [3.8, 4) is 22.4 Å². The molecule has 20 rings (SSSR count). The molecule has 3 amide bonds. The lowest BCUT2D eigenvalue weighted by molar-refractivity contribution is 0.0174. The third kappa shape index (κ3) is 13.3. The summed E-state index contributed by atoms with van der Waals surface area (Å²) in [6.07, 6.45) is 12.0. The van der Waals surface area contributed by atoms with Crippen LogP contribution in [0.25, 0.3) is 22.4 Å². The minimum atomic E-state index is -4.24. The number of aromatic nitrogens is 7. The van der Waals surface area contributed by atoms with Crippen LogP contribution < -0.4 is 14.7 Å². The quantitative estimate of drug-likeness (QED) is 0.0871. The second-order valence-corrected chi connectivity index (χ2v) is 34.4. The van der Waals surface area contributed by atoms with Crippen LogP contribution in [0.2, 0.25) is 0 Å². The van der Waals surface area contributed by atoms with Gasteiger partial charge in [0.1, 0.15) is 43.4 Å². The molecule has 114 heavy (non-hydrogen) atoms. The minimum absolute atomic E-state index is 0.0260. The second kappa shape index (κ2) is 29.7. The first-order valence-electron chi connectivity index (χ1n) is 38.3. The number of anilines is 3. The third-order valence-corrected chi connectivity index (χ3v) is 27.2. The van der Waals surface area contributed by atoms with Gasteiger partial charge >= 0.3 is 0 Å². The standard InChI is InChI=1S/C30H26FN5O3S.C30H28N6O2S.C26H25F2N5OS/c1-34-28(37)26-27(36-25-9-5-8-24(25)32-30(34)36)33-35(29(26)40(38,39)23-16-14-22(31)15-17-23)18-19-10-12-21(13-11-19)20-6-3-2-4-7-20;1-34-28(37)26-27(36-25-13-6-5-12-24(25)32-30(34)36)33-35(29(26)39(38)22-9-3-2-4-10-22)19-20-14-16-21(17-15-20)23-11-7-8-18-31-23;1-26(27,28)17-13-11-16(12-14-17)15-32-24(35-18-7-4-3-5-8-18)21-22(30-32)33-20-10-6-9-19(20)29-25(33)31(2)23(21)34/h2-4,6-7,10-17,24-25H,5,8-9,18H2,1H3;2-4,7-11,14-18,24-25H,5-6,12-13,19H2,1H3;3-5,7-8,11-14,19-20H,6,9-10,15H2,1-2H3/t;24-,25+,39?;19-,20+/m.00/s1. The van der Waals surface area contributed by atoms with E-state index in [4.69, 9.17) is 30.3 Å². The van der Waals surface area contributed by atoms with Gasteiger partial charge in [-0.25, -0.2) is 50.1 Å². The molecule has 11 aromatic rings. The second-order valence-electron chi connectivity index (χ2n) is 30.0. The maximum atomic E-state index is 14.1. The molecule has 6 aliphatic heterocycles. The molecule has 3 aliphatic carbocycles. The van der Waals surface area contributed by atoms with E-state index in [1.54, 1.807) is 54.0 Å². The van der Waals surface area contributed by atoms with E-state index in [1.165, 1.54) is 45.6 Å². The van der Waals surface area contributed by atoms with E-state index in [9.17, 15) is 40.2 Å². The molecule has 0 radical (unpaired) electrons. The molecule has 9 aliphatic rings. The fourth-order valence-corrected chi connectivity index (χ4v) is 20.9. The first kappa shape index (κ1) is 73.8. The van der Waals surface area contributed by atoms with Crippen LogP contribution in [-0.2, 0) is 46.2 Å². The number of pyridine rings is 1. The Bertz CT molecular complexity index is 5810. The number of benzene rings is 7. The van der Waals surface area contributed by atoms with E-state index in [0.29, 0.717) is 69.5 Å². The van der Waals surface area contributed by atoms with Gasteiger partial charge in [-0.3, -0.25) is 53.4 Å². The van der Waals surface area contributed by atoms with E-state index in [-0.39, 0.29) is 75.7 Å². The van der Waals surface area contributed by atoms with Gasteiger partial charge in [0.05, 0.1) is 66.5 Å². The van der Waals surface area contributed by atoms with Gasteiger partial charge in [-0.1, -0.05) is 170 Å². The number of sulfone groups is 1. The first-order valence-corrected chi connectivity index (χ1v) is 41.8. The molecule has 22 nitrogen and oxygen atoms in total. The number of guanidine groups is 3. The number of nitrogens with zero attached hydrogens (tertiary/aromatic N) is 16. The molecular weight excluding hydrogens is 1510 g/mol. The number of hydrogen-bond acceptors (Lipinski definition) is 17. The molecule has 10 heterocycles. The molecule has 3 saturated carbocycles. The van der Waals surface area contributed by atoms with Crippen molar-refractivity contribution in [3.05, 3.63) is 257 Å². The largest absolute Gasteiger partial charge is 0.289 e. The highest BCUT2D eigenvalue weighted by molar-refractivity contribution is 7.99. The Morgan fingerprint density at radius 2 is 0.912 bits per heavy atom. The number of alkyl halides is 2. The van der Waals surface area contributed by atoms with Crippen LogP contribution in [0.5, 0.6) is 0 Å². The molecule has 7 atom stereocenters. The summed E-state index contributed by atoms with van der Waals surface area (Å²) >= 11 is 1.49. The summed E-state index contributed by atoms with van der Waals surface area (Å²) in [5, 5.41) is 15.7. The number of fused-ring (bicyclic) bond motifs is 15. The molecule has 0 bridgehead atoms. The van der Waals surface area contributed by atoms with Gasteiger partial charge in [0.2, 0.25) is 27.7 Å². The summed E-state index contributed by atoms with van der Waals surface area (Å²) in [7, 11) is -0.692. The number of carbonyl (C=O) groups excluding carboxylic acids is 3. The monoisotopic (exact) mass is 1580 g/mol. The smallest absolute Gasteiger partial charge is 0.270 e. The van der Waals surface area contributed by atoms with Crippen molar-refractivity contribution in [2.75, 3.05) is 35.8 Å². The fraction of sp³-hybridized carbons (Fsp3) is 0.279. The molecule has 4 aromatic heterocycles. The molecule has 28 heteroatoms. The molecule has 0 saturated heterocycles. The predicted octanol–water partition coefficient (Wildman–Crippen LogP) is 14.9. The highest BCUT2D eigenvalue weighted by Gasteiger charge is 2.54. The van der Waals surface area contributed by atoms with Crippen molar-refractivity contribution in [2.45, 2.75) is 163 Å². The minimum Gasteiger partial charge on any atom is -0.289 e. The zero-order chi connectivity index (χ0) is 78.4. The van der Waals surface area contributed by atoms with E-state index in [0.717, 1.165) is 132 Å². The van der Waals surface area contributed by atoms with Crippen molar-refractivity contribution in [3.63, 3.8) is 0 Å². The van der Waals surface area contributed by atoms with Gasteiger partial charge in [0.15, 0.2) is 22.5 Å². The Labute approximate surface area is 663 Å². The number of halogens is 3. The normalized spacial score (nSPS) is 20.6. The summed E-state index contributed by atoms with van der Waals surface area (Å²) in [6, 6.07) is 62.7. The van der Waals surface area contributed by atoms with Gasteiger partial charge in [-0.05, 0) is 140 Å². The van der Waals surface area contributed by atoms with Crippen molar-refractivity contribution >= 4 is 85.5 Å². The topological polar surface area (TPSA) is 225 Å². The average Bonchev–Trinajstić information content (AvgIpc) is 1.56. The van der Waals surface area contributed by atoms with E-state index in [1.807, 2.05) is 167 Å². The summed E-state index contributed by atoms with van der Waals surface area (Å²) in [4.78, 5) is 72.6. The summed E-state index contributed by atoms with van der Waals surface area (Å²) in [5.74, 6) is -0.864. The lowest BCUT2D eigenvalue weighted by Gasteiger charge is -2.36. The molecule has 0 N–H and O–H groups in total. The Balaban J connectivity index is 0.000000119. The number of aliphatic imine (C=N–C) groups is 3. The number of amides is 3. The van der Waals surface area contributed by atoms with Gasteiger partial charge in [-0.15, -0.1) is 0 Å². The molecule has 3 fully saturated rings. The number of rotatable bonds is 15. The lowest BCUT2D eigenvalue weighted by Crippen LogP contribution is -2.52. The Kier molecular flexibility index (Phi) is 19.3. The SMILES string of the molecule is CN1C(=O)c2c(nn(Cc3ccc(-c4ccccc4)cc3)c2S(=O)(=O)c2ccc(F)cc2)N2C1=NC1CCCC12.CN1C(=O)c2c(nn(Cc3ccc(-c4ccccn4)cc3)c2S(=O)c2ccccc2)N2C1=N[C@H]1CCCC[C@H]12.CN1C(=O)c2c(nn(Cc3ccc(C(C)(F)F)cc3)c2Sc2ccccc2)N2C1=N[C@H]1CCC[C@H]12. The summed E-state index contributed by atoms with van der Waals surface area (Å²) in [5.41, 5.74) is 7.67. The summed E-state index contributed by atoms with van der Waals surface area (Å²) in [6.45, 7) is 1.77. The van der Waals surface area contributed by atoms with Crippen LogP contribution in [0.3, 0.4) is 0 Å². The predicted molar refractivity (Wildman–Crippen MR) is 430 cm³/mol. The maximum Gasteiger partial charge on any atom is 0.270 e. The maximum absolute atomic E-state index is 14.1. The highest BCUT2D eigenvalue weighted by Crippen LogP contribution is 2.48. The van der Waals surface area contributed by atoms with E-state index >= 15 is 0 Å². The lowest BCUT2D eigenvalue weighted by atomic mass is 9.90. The highest BCUT2D eigenvalue weighted by atomic mass is 32.2. The fourth-order valence-electron chi connectivity index (χ4n) is 17.0. The van der Waals surface area contributed by atoms with E-state index < -0.39 is 38.3 Å². The number of hydrogen-bond donors (Lipinski definition) is 0. The average molecular weight is 1590 g/mol. The van der Waals surface area contributed by atoms with Crippen LogP contribution in [0.15, 0.2) is 257 Å². The van der Waals surface area contributed by atoms with Gasteiger partial charge in [0.25, 0.3) is 23.6 Å². The van der Waals surface area contributed by atoms with Gasteiger partial charge < -0.3 is 0 Å². The Morgan fingerprint density at radius 3 is 1.47 bits per heavy atom. The van der Waals surface area contributed by atoms with Crippen LogP contribution in [0.1, 0.15) is 124 Å². The Hall–Kier alpha value is -11.6. The molecule has 0 spiro atoms. The van der Waals surface area contributed by atoms with Crippen molar-refractivity contribution in [2.24, 2.45) is 15.0 Å². The molecule has 578 valence electrons. The number of carbonyl (C=O) groups is 3. The Morgan fingerprint density at radius 1 is 0.474 bits per heavy atom. The van der Waals surface area contributed by atoms with Crippen LogP contribution in [0, 0.1) is 5.82 Å². The first-order chi connectivity index (χ1) is 55.2. The van der Waals surface area contributed by atoms with Crippen molar-refractivity contribution in [1.82, 2.24) is 49.0 Å². The van der Waals surface area contributed by atoms with Gasteiger partial charge in [-0.2, -0.15) is 15.3 Å². The van der Waals surface area contributed by atoms with Crippen molar-refractivity contribution < 1.29 is 40.2 Å². The molecule has 3 unspecified atom stereocenters. The molecule has 7 aromatic carbocycles. The van der Waals surface area contributed by atoms with Crippen LogP contribution >= 0.6 is 11.8 Å². The zero-order valence-electron chi connectivity index (χ0n) is 62.8. The molecular formula is C86H79F3N16O6S3. The van der Waals surface area contributed by atoms with Crippen LogP contribution in [0.4, 0.5) is 30.6 Å². The zero-order valence-corrected chi connectivity index (χ0v) is 65.3. The van der Waals surface area contributed by atoms with Gasteiger partial charge in [0, 0.05) is 55.2 Å². The third-order valence-electron chi connectivity index (χ3n) is 22.8. The van der Waals surface area contributed by atoms with E-state index in [2.05, 4.69) is 14.8 Å². The van der Waals surface area contributed by atoms with Crippen molar-refractivity contribution in [1.29, 1.82) is 0 Å².